The lowest BCUT2D eigenvalue weighted by Gasteiger charge is -2.17. The van der Waals surface area contributed by atoms with Gasteiger partial charge < -0.3 is 18.5 Å². The Hall–Kier alpha value is -2.58. The minimum absolute atomic E-state index is 0.0281. The zero-order chi connectivity index (χ0) is 22.5. The first-order valence-electron chi connectivity index (χ1n) is 10.2. The lowest BCUT2D eigenvalue weighted by Crippen LogP contribution is -2.14. The van der Waals surface area contributed by atoms with Gasteiger partial charge in [-0.3, -0.25) is 4.79 Å². The van der Waals surface area contributed by atoms with E-state index < -0.39 is 0 Å². The fourth-order valence-corrected chi connectivity index (χ4v) is 4.28. The van der Waals surface area contributed by atoms with Crippen LogP contribution in [0.4, 0.5) is 0 Å². The van der Waals surface area contributed by atoms with Crippen molar-refractivity contribution in [2.45, 2.75) is 52.5 Å². The molecule has 8 heteroatoms. The van der Waals surface area contributed by atoms with Crippen LogP contribution in [0.5, 0.6) is 5.75 Å². The Kier molecular flexibility index (Phi) is 7.56. The molecule has 0 N–H and O–H groups in total. The van der Waals surface area contributed by atoms with Crippen molar-refractivity contribution < 1.29 is 18.7 Å². The van der Waals surface area contributed by atoms with Crippen molar-refractivity contribution in [3.8, 4) is 5.75 Å². The molecule has 1 atom stereocenters. The van der Waals surface area contributed by atoms with Crippen molar-refractivity contribution >= 4 is 17.5 Å². The van der Waals surface area contributed by atoms with Gasteiger partial charge in [0.15, 0.2) is 12.4 Å². The number of carbonyl (C=O) groups is 1. The van der Waals surface area contributed by atoms with E-state index in [-0.39, 0.29) is 24.2 Å². The van der Waals surface area contributed by atoms with Gasteiger partial charge in [-0.05, 0) is 57.9 Å². The van der Waals surface area contributed by atoms with Gasteiger partial charge in [0.05, 0.1) is 18.4 Å². The van der Waals surface area contributed by atoms with Crippen molar-refractivity contribution in [3.05, 3.63) is 58.2 Å². The number of aryl methyl sites for hydroxylation is 3. The molecule has 166 valence electrons. The molecule has 1 aromatic carbocycles. The molecule has 0 radical (unpaired) electrons. The Balaban J connectivity index is 1.59. The summed E-state index contributed by atoms with van der Waals surface area (Å²) in [6.45, 7) is 10.8. The summed E-state index contributed by atoms with van der Waals surface area (Å²) in [5.74, 6) is 1.42. The molecule has 0 aliphatic carbocycles. The quantitative estimate of drug-likeness (QED) is 0.327. The van der Waals surface area contributed by atoms with Crippen LogP contribution >= 0.6 is 11.8 Å². The third-order valence-electron chi connectivity index (χ3n) is 5.10. The van der Waals surface area contributed by atoms with E-state index in [1.165, 1.54) is 11.8 Å². The number of ether oxygens (including phenoxy) is 2. The molecule has 2 heterocycles. The van der Waals surface area contributed by atoms with Crippen LogP contribution in [0.25, 0.3) is 0 Å². The monoisotopic (exact) mass is 443 g/mol. The van der Waals surface area contributed by atoms with Crippen molar-refractivity contribution in [1.82, 2.24) is 14.8 Å². The maximum atomic E-state index is 12.8. The minimum Gasteiger partial charge on any atom is -0.484 e. The number of hydrogen-bond acceptors (Lipinski definition) is 7. The molecule has 0 amide bonds. The van der Waals surface area contributed by atoms with E-state index in [0.717, 1.165) is 28.3 Å². The van der Waals surface area contributed by atoms with Gasteiger partial charge in [0.2, 0.25) is 0 Å². The highest BCUT2D eigenvalue weighted by molar-refractivity contribution is 7.99. The van der Waals surface area contributed by atoms with E-state index in [1.54, 1.807) is 7.11 Å². The number of rotatable bonds is 10. The Morgan fingerprint density at radius 3 is 2.71 bits per heavy atom. The van der Waals surface area contributed by atoms with E-state index in [0.29, 0.717) is 23.3 Å². The summed E-state index contributed by atoms with van der Waals surface area (Å²) < 4.78 is 18.8. The van der Waals surface area contributed by atoms with Gasteiger partial charge in [-0.25, -0.2) is 0 Å². The Morgan fingerprint density at radius 2 is 1.97 bits per heavy atom. The van der Waals surface area contributed by atoms with Gasteiger partial charge in [-0.2, -0.15) is 0 Å². The number of thioether (sulfide) groups is 1. The van der Waals surface area contributed by atoms with Crippen LogP contribution in [0.2, 0.25) is 0 Å². The first-order valence-corrected chi connectivity index (χ1v) is 11.1. The largest absolute Gasteiger partial charge is 0.484 e. The molecule has 0 aliphatic rings. The third-order valence-corrected chi connectivity index (χ3v) is 5.92. The van der Waals surface area contributed by atoms with Gasteiger partial charge in [-0.1, -0.05) is 23.9 Å². The van der Waals surface area contributed by atoms with Crippen LogP contribution in [0.15, 0.2) is 33.9 Å². The maximum absolute atomic E-state index is 12.8. The zero-order valence-electron chi connectivity index (χ0n) is 18.9. The Bertz CT molecular complexity index is 1060. The number of carbonyl (C=O) groups excluding carboxylic acids is 1. The third kappa shape index (κ3) is 5.57. The fourth-order valence-electron chi connectivity index (χ4n) is 3.62. The van der Waals surface area contributed by atoms with Crippen molar-refractivity contribution in [2.24, 2.45) is 0 Å². The summed E-state index contributed by atoms with van der Waals surface area (Å²) in [4.78, 5) is 12.8. The Morgan fingerprint density at radius 1 is 1.19 bits per heavy atom. The first kappa shape index (κ1) is 23.1. The molecule has 0 aliphatic heterocycles. The molecule has 0 saturated heterocycles. The number of hydrogen-bond donors (Lipinski definition) is 0. The average Bonchev–Trinajstić information content (AvgIpc) is 3.30. The molecule has 0 fully saturated rings. The molecule has 7 nitrogen and oxygen atoms in total. The topological polar surface area (TPSA) is 79.4 Å². The van der Waals surface area contributed by atoms with Gasteiger partial charge in [-0.15, -0.1) is 10.2 Å². The highest BCUT2D eigenvalue weighted by Crippen LogP contribution is 2.25. The van der Waals surface area contributed by atoms with Crippen LogP contribution in [0.3, 0.4) is 0 Å². The van der Waals surface area contributed by atoms with Crippen LogP contribution in [-0.4, -0.2) is 40.0 Å². The lowest BCUT2D eigenvalue weighted by atomic mass is 10.1. The maximum Gasteiger partial charge on any atom is 0.277 e. The molecule has 0 spiro atoms. The molecule has 2 aromatic heterocycles. The molecule has 3 rings (SSSR count). The zero-order valence-corrected chi connectivity index (χ0v) is 19.7. The van der Waals surface area contributed by atoms with Crippen molar-refractivity contribution in [2.75, 3.05) is 19.5 Å². The minimum atomic E-state index is 0.0281. The highest BCUT2D eigenvalue weighted by Gasteiger charge is 2.20. The van der Waals surface area contributed by atoms with Crippen LogP contribution in [-0.2, 0) is 11.3 Å². The molecular weight excluding hydrogens is 414 g/mol. The number of nitrogens with zero attached hydrogens (tertiary/aromatic N) is 3. The number of ketones is 1. The van der Waals surface area contributed by atoms with Crippen LogP contribution in [0, 0.1) is 27.7 Å². The van der Waals surface area contributed by atoms with E-state index >= 15 is 0 Å². The predicted molar refractivity (Wildman–Crippen MR) is 120 cm³/mol. The SMILES string of the molecule is COCC(C)n1c(C)cc(C(=O)CSc2nnc(COc3cc(C)ccc3C)o2)c1C. The summed E-state index contributed by atoms with van der Waals surface area (Å²) >= 11 is 1.23. The molecule has 1 unspecified atom stereocenters. The second kappa shape index (κ2) is 10.2. The van der Waals surface area contributed by atoms with Crippen molar-refractivity contribution in [1.29, 1.82) is 0 Å². The summed E-state index contributed by atoms with van der Waals surface area (Å²) in [7, 11) is 1.68. The normalized spacial score (nSPS) is 12.2. The number of methoxy groups -OCH3 is 1. The van der Waals surface area contributed by atoms with E-state index in [9.17, 15) is 4.79 Å². The smallest absolute Gasteiger partial charge is 0.277 e. The van der Waals surface area contributed by atoms with E-state index in [2.05, 4.69) is 21.7 Å². The fraction of sp³-hybridized carbons (Fsp3) is 0.435. The standard InChI is InChI=1S/C23H29N3O4S/c1-14-7-8-15(2)21(9-14)29-12-22-24-25-23(30-22)31-13-20(27)19-10-16(3)26(18(19)5)17(4)11-28-6/h7-10,17H,11-13H2,1-6H3. The average molecular weight is 444 g/mol. The summed E-state index contributed by atoms with van der Waals surface area (Å²) in [5, 5.41) is 8.40. The predicted octanol–water partition coefficient (Wildman–Crippen LogP) is 4.87. The Labute approximate surface area is 187 Å². The summed E-state index contributed by atoms with van der Waals surface area (Å²) in [5.41, 5.74) is 4.87. The molecule has 3 aromatic rings. The van der Waals surface area contributed by atoms with Gasteiger partial charge in [0.25, 0.3) is 11.1 Å². The lowest BCUT2D eigenvalue weighted by molar-refractivity contribution is 0.102. The van der Waals surface area contributed by atoms with Gasteiger partial charge in [0, 0.05) is 24.1 Å². The van der Waals surface area contributed by atoms with Gasteiger partial charge >= 0.3 is 0 Å². The first-order chi connectivity index (χ1) is 14.8. The summed E-state index contributed by atoms with van der Waals surface area (Å²) in [6, 6.07) is 8.12. The van der Waals surface area contributed by atoms with E-state index in [4.69, 9.17) is 13.9 Å². The number of Topliss-reactive ketones (excluding diaryl/α,β-unsaturated/α-hetero) is 1. The van der Waals surface area contributed by atoms with Crippen molar-refractivity contribution in [3.63, 3.8) is 0 Å². The second-order valence-corrected chi connectivity index (χ2v) is 8.62. The van der Waals surface area contributed by atoms with E-state index in [1.807, 2.05) is 52.0 Å². The molecule has 0 saturated carbocycles. The van der Waals surface area contributed by atoms with Gasteiger partial charge in [0.1, 0.15) is 5.75 Å². The summed E-state index contributed by atoms with van der Waals surface area (Å²) in [6.07, 6.45) is 0. The van der Waals surface area contributed by atoms with Crippen LogP contribution in [0.1, 0.15) is 51.7 Å². The molecule has 31 heavy (non-hydrogen) atoms. The van der Waals surface area contributed by atoms with Crippen LogP contribution < -0.4 is 4.74 Å². The number of aromatic nitrogens is 3. The highest BCUT2D eigenvalue weighted by atomic mass is 32.2. The molecule has 0 bridgehead atoms. The second-order valence-electron chi connectivity index (χ2n) is 7.69. The number of benzene rings is 1. The molecular formula is C23H29N3O4S.